The highest BCUT2D eigenvalue weighted by molar-refractivity contribution is 5.93. The van der Waals surface area contributed by atoms with Gasteiger partial charge < -0.3 is 15.8 Å². The molecular weight excluding hydrogens is 276 g/mol. The third kappa shape index (κ3) is 3.72. The fourth-order valence-corrected chi connectivity index (χ4v) is 2.51. The average molecular weight is 298 g/mol. The molecule has 3 rings (SSSR count). The standard InChI is InChI=1S/C16H15NO2.C2H7N/c17-16(18)12-6-4-11(5-7-12)14-3-1-2-13-10-19-9-8-15(13)14;1-3-2/h1-7H,8-10H2,(H2,17,18);3H,1-2H3. The predicted octanol–water partition coefficient (Wildman–Crippen LogP) is 2.36. The van der Waals surface area contributed by atoms with Gasteiger partial charge in [-0.1, -0.05) is 30.3 Å². The number of amides is 1. The van der Waals surface area contributed by atoms with Crippen LogP contribution in [0.5, 0.6) is 0 Å². The summed E-state index contributed by atoms with van der Waals surface area (Å²) in [7, 11) is 3.75. The Morgan fingerprint density at radius 2 is 1.82 bits per heavy atom. The maximum Gasteiger partial charge on any atom is 0.248 e. The van der Waals surface area contributed by atoms with Crippen LogP contribution < -0.4 is 11.1 Å². The third-order valence-corrected chi connectivity index (χ3v) is 3.51. The Labute approximate surface area is 131 Å². The Balaban J connectivity index is 0.000000545. The largest absolute Gasteiger partial charge is 0.376 e. The highest BCUT2D eigenvalue weighted by Gasteiger charge is 2.14. The van der Waals surface area contributed by atoms with Crippen LogP contribution in [-0.2, 0) is 17.8 Å². The molecule has 1 aliphatic heterocycles. The normalized spacial score (nSPS) is 12.8. The Bertz CT molecular complexity index is 636. The van der Waals surface area contributed by atoms with Crippen LogP contribution in [0.4, 0.5) is 0 Å². The van der Waals surface area contributed by atoms with Crippen LogP contribution in [0.1, 0.15) is 21.5 Å². The molecule has 0 bridgehead atoms. The van der Waals surface area contributed by atoms with Crippen LogP contribution in [0.15, 0.2) is 42.5 Å². The van der Waals surface area contributed by atoms with Crippen molar-refractivity contribution in [3.05, 3.63) is 59.2 Å². The summed E-state index contributed by atoms with van der Waals surface area (Å²) < 4.78 is 5.48. The van der Waals surface area contributed by atoms with Crippen LogP contribution in [0.3, 0.4) is 0 Å². The molecule has 0 unspecified atom stereocenters. The number of hydrogen-bond acceptors (Lipinski definition) is 3. The van der Waals surface area contributed by atoms with Gasteiger partial charge in [-0.2, -0.15) is 0 Å². The van der Waals surface area contributed by atoms with Gasteiger partial charge in [0.2, 0.25) is 5.91 Å². The first-order valence-electron chi connectivity index (χ1n) is 7.34. The van der Waals surface area contributed by atoms with E-state index in [1.54, 1.807) is 12.1 Å². The summed E-state index contributed by atoms with van der Waals surface area (Å²) in [6.45, 7) is 1.45. The topological polar surface area (TPSA) is 64.3 Å². The van der Waals surface area contributed by atoms with Gasteiger partial charge in [-0.3, -0.25) is 4.79 Å². The average Bonchev–Trinajstić information content (AvgIpc) is 2.55. The van der Waals surface area contributed by atoms with Crippen molar-refractivity contribution in [2.45, 2.75) is 13.0 Å². The van der Waals surface area contributed by atoms with E-state index in [-0.39, 0.29) is 0 Å². The lowest BCUT2D eigenvalue weighted by Gasteiger charge is -2.20. The predicted molar refractivity (Wildman–Crippen MR) is 88.7 cm³/mol. The summed E-state index contributed by atoms with van der Waals surface area (Å²) >= 11 is 0. The number of ether oxygens (including phenoxy) is 1. The Hall–Kier alpha value is -2.17. The molecule has 0 spiro atoms. The smallest absolute Gasteiger partial charge is 0.248 e. The summed E-state index contributed by atoms with van der Waals surface area (Å²) in [6.07, 6.45) is 0.934. The van der Waals surface area contributed by atoms with Gasteiger partial charge in [0.25, 0.3) is 0 Å². The van der Waals surface area contributed by atoms with Gasteiger partial charge in [-0.05, 0) is 54.9 Å². The first-order chi connectivity index (χ1) is 10.7. The van der Waals surface area contributed by atoms with Crippen molar-refractivity contribution in [2.24, 2.45) is 5.73 Å². The summed E-state index contributed by atoms with van der Waals surface area (Å²) in [5.74, 6) is -0.393. The number of carbonyl (C=O) groups excluding carboxylic acids is 1. The molecule has 0 saturated carbocycles. The number of benzene rings is 2. The van der Waals surface area contributed by atoms with Crippen LogP contribution in [0.2, 0.25) is 0 Å². The van der Waals surface area contributed by atoms with E-state index < -0.39 is 5.91 Å². The van der Waals surface area contributed by atoms with E-state index in [1.807, 2.05) is 32.3 Å². The van der Waals surface area contributed by atoms with Crippen LogP contribution in [0, 0.1) is 0 Å². The second-order valence-corrected chi connectivity index (χ2v) is 5.19. The zero-order chi connectivity index (χ0) is 15.9. The summed E-state index contributed by atoms with van der Waals surface area (Å²) in [4.78, 5) is 11.1. The van der Waals surface area contributed by atoms with Crippen LogP contribution in [0.25, 0.3) is 11.1 Å². The summed E-state index contributed by atoms with van der Waals surface area (Å²) in [5.41, 5.74) is 10.7. The molecule has 2 aromatic carbocycles. The lowest BCUT2D eigenvalue weighted by Crippen LogP contribution is -2.11. The molecule has 0 aromatic heterocycles. The van der Waals surface area contributed by atoms with E-state index in [0.717, 1.165) is 18.6 Å². The van der Waals surface area contributed by atoms with Crippen molar-refractivity contribution in [1.29, 1.82) is 0 Å². The van der Waals surface area contributed by atoms with Crippen LogP contribution in [-0.4, -0.2) is 26.6 Å². The molecule has 1 heterocycles. The van der Waals surface area contributed by atoms with Gasteiger partial charge in [0, 0.05) is 5.56 Å². The first kappa shape index (κ1) is 16.2. The lowest BCUT2D eigenvalue weighted by molar-refractivity contribution is 0.100. The van der Waals surface area contributed by atoms with Gasteiger partial charge in [0.1, 0.15) is 0 Å². The van der Waals surface area contributed by atoms with E-state index >= 15 is 0 Å². The SMILES string of the molecule is CNC.NC(=O)c1ccc(-c2cccc3c2CCOC3)cc1. The quantitative estimate of drug-likeness (QED) is 0.894. The van der Waals surface area contributed by atoms with Gasteiger partial charge >= 0.3 is 0 Å². The van der Waals surface area contributed by atoms with E-state index in [9.17, 15) is 4.79 Å². The molecule has 1 aliphatic rings. The number of hydrogen-bond donors (Lipinski definition) is 2. The van der Waals surface area contributed by atoms with Crippen LogP contribution >= 0.6 is 0 Å². The molecule has 0 saturated heterocycles. The maximum absolute atomic E-state index is 11.1. The Morgan fingerprint density at radius 1 is 1.14 bits per heavy atom. The molecule has 0 atom stereocenters. The molecule has 3 N–H and O–H groups in total. The van der Waals surface area contributed by atoms with E-state index in [1.165, 1.54) is 16.7 Å². The molecule has 0 aliphatic carbocycles. The second-order valence-electron chi connectivity index (χ2n) is 5.19. The number of nitrogens with two attached hydrogens (primary N) is 1. The Morgan fingerprint density at radius 3 is 2.45 bits per heavy atom. The van der Waals surface area contributed by atoms with Crippen molar-refractivity contribution in [1.82, 2.24) is 5.32 Å². The maximum atomic E-state index is 11.1. The fourth-order valence-electron chi connectivity index (χ4n) is 2.51. The minimum Gasteiger partial charge on any atom is -0.376 e. The zero-order valence-electron chi connectivity index (χ0n) is 13.1. The monoisotopic (exact) mass is 298 g/mol. The summed E-state index contributed by atoms with van der Waals surface area (Å²) in [5, 5.41) is 2.75. The van der Waals surface area contributed by atoms with E-state index in [4.69, 9.17) is 10.5 Å². The minimum absolute atomic E-state index is 0.393. The molecule has 4 heteroatoms. The van der Waals surface area contributed by atoms with Crippen molar-refractivity contribution in [3.63, 3.8) is 0 Å². The van der Waals surface area contributed by atoms with Gasteiger partial charge in [-0.25, -0.2) is 0 Å². The van der Waals surface area contributed by atoms with Gasteiger partial charge in [0.05, 0.1) is 13.2 Å². The molecule has 1 amide bonds. The molecule has 116 valence electrons. The molecular formula is C18H22N2O2. The second kappa shape index (κ2) is 7.73. The number of primary amides is 1. The Kier molecular flexibility index (Phi) is 5.69. The van der Waals surface area contributed by atoms with Crippen molar-refractivity contribution >= 4 is 5.91 Å². The number of rotatable bonds is 2. The molecule has 2 aromatic rings. The first-order valence-corrected chi connectivity index (χ1v) is 7.34. The van der Waals surface area contributed by atoms with Crippen molar-refractivity contribution in [2.75, 3.05) is 20.7 Å². The molecule has 22 heavy (non-hydrogen) atoms. The fraction of sp³-hybridized carbons (Fsp3) is 0.278. The molecule has 4 nitrogen and oxygen atoms in total. The molecule has 0 fully saturated rings. The highest BCUT2D eigenvalue weighted by atomic mass is 16.5. The van der Waals surface area contributed by atoms with Crippen molar-refractivity contribution in [3.8, 4) is 11.1 Å². The van der Waals surface area contributed by atoms with Gasteiger partial charge in [-0.15, -0.1) is 0 Å². The number of nitrogens with one attached hydrogen (secondary N) is 1. The molecule has 0 radical (unpaired) electrons. The summed E-state index contributed by atoms with van der Waals surface area (Å²) in [6, 6.07) is 13.7. The number of carbonyl (C=O) groups is 1. The minimum atomic E-state index is -0.393. The lowest BCUT2D eigenvalue weighted by atomic mass is 9.92. The zero-order valence-corrected chi connectivity index (χ0v) is 13.1. The van der Waals surface area contributed by atoms with E-state index in [2.05, 4.69) is 17.4 Å². The van der Waals surface area contributed by atoms with E-state index in [0.29, 0.717) is 12.2 Å². The number of fused-ring (bicyclic) bond motifs is 1. The highest BCUT2D eigenvalue weighted by Crippen LogP contribution is 2.29. The third-order valence-electron chi connectivity index (χ3n) is 3.51. The van der Waals surface area contributed by atoms with Crippen molar-refractivity contribution < 1.29 is 9.53 Å². The van der Waals surface area contributed by atoms with Gasteiger partial charge in [0.15, 0.2) is 0 Å².